The number of carbonyl (C=O) groups excluding carboxylic acids is 3. The molecule has 0 saturated carbocycles. The van der Waals surface area contributed by atoms with Crippen molar-refractivity contribution in [1.82, 2.24) is 0 Å². The van der Waals surface area contributed by atoms with Gasteiger partial charge in [-0.3, -0.25) is 9.59 Å². The fraction of sp³-hybridized carbons (Fsp3) is 0.900. The molecule has 0 radical (unpaired) electrons. The lowest BCUT2D eigenvalue weighted by atomic mass is 10.0. The number of carboxylic acids is 1. The van der Waals surface area contributed by atoms with E-state index < -0.39 is 24.3 Å². The van der Waals surface area contributed by atoms with Crippen LogP contribution in [0.5, 0.6) is 0 Å². The second-order valence-corrected chi connectivity index (χ2v) is 24.8. The van der Waals surface area contributed by atoms with Crippen molar-refractivity contribution in [3.8, 4) is 0 Å². The van der Waals surface area contributed by atoms with Crippen molar-refractivity contribution >= 4 is 17.9 Å². The third-order valence-corrected chi connectivity index (χ3v) is 15.7. The van der Waals surface area contributed by atoms with Crippen LogP contribution in [0.25, 0.3) is 0 Å². The van der Waals surface area contributed by atoms with Gasteiger partial charge in [0.05, 0.1) is 40.3 Å². The summed E-state index contributed by atoms with van der Waals surface area (Å²) >= 11 is 0. The zero-order valence-electron chi connectivity index (χ0n) is 53.3. The lowest BCUT2D eigenvalue weighted by Crippen LogP contribution is -2.44. The highest BCUT2D eigenvalue weighted by molar-refractivity contribution is 5.70. The molecule has 0 aromatic heterocycles. The number of hydrogen-bond acceptors (Lipinski definition) is 8. The number of nitrogens with zero attached hydrogens (tertiary/aromatic N) is 1. The van der Waals surface area contributed by atoms with E-state index in [4.69, 9.17) is 18.9 Å². The van der Waals surface area contributed by atoms with Gasteiger partial charge in [0.1, 0.15) is 13.2 Å². The number of aliphatic carboxylic acids is 1. The summed E-state index contributed by atoms with van der Waals surface area (Å²) in [6.45, 7) is 4.78. The minimum absolute atomic E-state index is 0.149. The van der Waals surface area contributed by atoms with E-state index in [-0.39, 0.29) is 38.6 Å². The van der Waals surface area contributed by atoms with E-state index in [1.54, 1.807) is 0 Å². The number of carboxylic acid groups (broad SMARTS) is 1. The van der Waals surface area contributed by atoms with Gasteiger partial charge in [0.15, 0.2) is 12.4 Å². The lowest BCUT2D eigenvalue weighted by Gasteiger charge is -2.26. The van der Waals surface area contributed by atoms with E-state index >= 15 is 0 Å². The Morgan fingerprint density at radius 2 is 0.646 bits per heavy atom. The summed E-state index contributed by atoms with van der Waals surface area (Å²) in [6, 6.07) is 0. The van der Waals surface area contributed by atoms with E-state index in [2.05, 4.69) is 38.2 Å². The fourth-order valence-electron chi connectivity index (χ4n) is 10.4. The Balaban J connectivity index is 3.92. The number of ether oxygens (including phenoxy) is 4. The maximum Gasteiger partial charge on any atom is 0.306 e. The van der Waals surface area contributed by atoms with Crippen molar-refractivity contribution in [3.63, 3.8) is 0 Å². The Kier molecular flexibility index (Phi) is 60.1. The van der Waals surface area contributed by atoms with Gasteiger partial charge in [0, 0.05) is 12.8 Å². The van der Waals surface area contributed by atoms with Crippen LogP contribution in [0, 0.1) is 0 Å². The zero-order valence-corrected chi connectivity index (χ0v) is 53.3. The summed E-state index contributed by atoms with van der Waals surface area (Å²) in [5.74, 6) is -2.27. The Morgan fingerprint density at radius 1 is 0.367 bits per heavy atom. The molecule has 466 valence electrons. The largest absolute Gasteiger partial charge is 0.545 e. The van der Waals surface area contributed by atoms with Gasteiger partial charge in [0.25, 0.3) is 0 Å². The van der Waals surface area contributed by atoms with Crippen molar-refractivity contribution in [1.29, 1.82) is 0 Å². The number of esters is 2. The molecule has 0 aliphatic carbocycles. The summed E-state index contributed by atoms with van der Waals surface area (Å²) in [4.78, 5) is 37.3. The van der Waals surface area contributed by atoms with Crippen molar-refractivity contribution in [2.45, 2.75) is 360 Å². The number of likely N-dealkylation sites (N-methyl/N-ethyl adjacent to an activating group) is 1. The van der Waals surface area contributed by atoms with Crippen LogP contribution < -0.4 is 5.11 Å². The standard InChI is InChI=1S/C70H133NO8/c1-6-8-10-12-14-16-18-20-22-23-24-25-26-27-28-29-30-31-32-33-34-35-36-37-38-39-40-41-42-43-44-45-47-49-51-53-55-57-59-61-68(73)79-66(65-78-70(69(74)75)76-63-62-71(3,4)5)64-77-67(72)60-58-56-54-52-50-48-46-21-19-17-15-13-11-9-7-2/h21,23-24,46,66,70H,6-20,22,25-45,47-65H2,1-5H3/b24-23-,46-21-. The second kappa shape index (κ2) is 61.8. The summed E-state index contributed by atoms with van der Waals surface area (Å²) < 4.78 is 22.7. The fourth-order valence-corrected chi connectivity index (χ4v) is 10.4. The topological polar surface area (TPSA) is 111 Å². The molecule has 79 heavy (non-hydrogen) atoms. The van der Waals surface area contributed by atoms with Crippen LogP contribution >= 0.6 is 0 Å². The molecular weight excluding hydrogens is 983 g/mol. The smallest absolute Gasteiger partial charge is 0.306 e. The highest BCUT2D eigenvalue weighted by Gasteiger charge is 2.22. The molecule has 0 heterocycles. The Hall–Kier alpha value is -2.23. The Morgan fingerprint density at radius 3 is 0.937 bits per heavy atom. The van der Waals surface area contributed by atoms with Crippen LogP contribution in [-0.4, -0.2) is 82.3 Å². The molecule has 0 aromatic rings. The molecule has 9 nitrogen and oxygen atoms in total. The highest BCUT2D eigenvalue weighted by atomic mass is 16.7. The number of unbranched alkanes of at least 4 members (excludes halogenated alkanes) is 46. The third-order valence-electron chi connectivity index (χ3n) is 15.7. The summed E-state index contributed by atoms with van der Waals surface area (Å²) in [5.41, 5.74) is 0. The number of hydrogen-bond donors (Lipinski definition) is 0. The van der Waals surface area contributed by atoms with Gasteiger partial charge in [-0.25, -0.2) is 0 Å². The number of rotatable bonds is 65. The van der Waals surface area contributed by atoms with Gasteiger partial charge in [-0.2, -0.15) is 0 Å². The van der Waals surface area contributed by atoms with E-state index in [1.165, 1.54) is 263 Å². The van der Waals surface area contributed by atoms with Crippen LogP contribution in [0.4, 0.5) is 0 Å². The van der Waals surface area contributed by atoms with Crippen LogP contribution in [-0.2, 0) is 33.3 Å². The molecule has 0 N–H and O–H groups in total. The van der Waals surface area contributed by atoms with Gasteiger partial charge in [0.2, 0.25) is 0 Å². The predicted molar refractivity (Wildman–Crippen MR) is 334 cm³/mol. The maximum absolute atomic E-state index is 12.9. The van der Waals surface area contributed by atoms with Gasteiger partial charge in [-0.15, -0.1) is 0 Å². The molecule has 0 rings (SSSR count). The zero-order chi connectivity index (χ0) is 57.6. The lowest BCUT2D eigenvalue weighted by molar-refractivity contribution is -0.870. The molecule has 0 aromatic carbocycles. The van der Waals surface area contributed by atoms with Crippen molar-refractivity contribution < 1.29 is 42.9 Å². The molecule has 0 aliphatic rings. The molecule has 0 amide bonds. The van der Waals surface area contributed by atoms with Gasteiger partial charge in [-0.05, 0) is 64.2 Å². The number of quaternary nitrogens is 1. The monoisotopic (exact) mass is 1120 g/mol. The van der Waals surface area contributed by atoms with Gasteiger partial charge < -0.3 is 33.3 Å². The third kappa shape index (κ3) is 63.2. The first kappa shape index (κ1) is 76.8. The molecule has 2 atom stereocenters. The SMILES string of the molecule is CCCCCCCC/C=C\CCCCCCCC(=O)OCC(COC(OCC[N+](C)(C)C)C(=O)[O-])OC(=O)CCCCCCCCCCCCCCCCCCCCCCCCCCCCC/C=C\CCCCCCCCCC. The molecule has 0 aliphatic heterocycles. The summed E-state index contributed by atoms with van der Waals surface area (Å²) in [5, 5.41) is 11.8. The average molecular weight is 1120 g/mol. The molecule has 0 saturated heterocycles. The second-order valence-electron chi connectivity index (χ2n) is 24.8. The maximum atomic E-state index is 12.9. The van der Waals surface area contributed by atoms with Crippen LogP contribution in [0.15, 0.2) is 24.3 Å². The van der Waals surface area contributed by atoms with E-state index in [1.807, 2.05) is 21.1 Å². The van der Waals surface area contributed by atoms with Crippen LogP contribution in [0.1, 0.15) is 348 Å². The summed E-state index contributed by atoms with van der Waals surface area (Å²) in [6.07, 6.45) is 72.9. The normalized spacial score (nSPS) is 12.8. The van der Waals surface area contributed by atoms with Crippen molar-refractivity contribution in [2.75, 3.05) is 47.5 Å². The predicted octanol–water partition coefficient (Wildman–Crippen LogP) is 19.7. The van der Waals surface area contributed by atoms with E-state index in [0.29, 0.717) is 11.0 Å². The van der Waals surface area contributed by atoms with Crippen molar-refractivity contribution in [3.05, 3.63) is 24.3 Å². The van der Waals surface area contributed by atoms with E-state index in [9.17, 15) is 19.5 Å². The minimum atomic E-state index is -1.62. The number of carbonyl (C=O) groups is 3. The first-order valence-electron chi connectivity index (χ1n) is 34.5. The van der Waals surface area contributed by atoms with Crippen molar-refractivity contribution in [2.24, 2.45) is 0 Å². The van der Waals surface area contributed by atoms with Gasteiger partial charge in [-0.1, -0.05) is 295 Å². The van der Waals surface area contributed by atoms with Gasteiger partial charge >= 0.3 is 11.9 Å². The molecule has 9 heteroatoms. The van der Waals surface area contributed by atoms with E-state index in [0.717, 1.165) is 57.8 Å². The minimum Gasteiger partial charge on any atom is -0.545 e. The Bertz CT molecular complexity index is 1340. The highest BCUT2D eigenvalue weighted by Crippen LogP contribution is 2.18. The van der Waals surface area contributed by atoms with Crippen LogP contribution in [0.3, 0.4) is 0 Å². The first-order chi connectivity index (χ1) is 38.6. The first-order valence-corrected chi connectivity index (χ1v) is 34.5. The molecule has 0 fully saturated rings. The summed E-state index contributed by atoms with van der Waals surface area (Å²) in [7, 11) is 5.93. The molecular formula is C70H133NO8. The number of allylic oxidation sites excluding steroid dienone is 4. The van der Waals surface area contributed by atoms with Crippen LogP contribution in [0.2, 0.25) is 0 Å². The molecule has 0 spiro atoms. The molecule has 0 bridgehead atoms. The molecule has 2 unspecified atom stereocenters. The quantitative estimate of drug-likeness (QED) is 0.0195. The Labute approximate surface area is 490 Å². The average Bonchev–Trinajstić information content (AvgIpc) is 3.42.